The van der Waals surface area contributed by atoms with Crippen molar-refractivity contribution in [2.45, 2.75) is 13.8 Å². The zero-order valence-electron chi connectivity index (χ0n) is 10.8. The molecule has 1 rings (SSSR count). The van der Waals surface area contributed by atoms with Crippen LogP contribution in [0.3, 0.4) is 0 Å². The summed E-state index contributed by atoms with van der Waals surface area (Å²) >= 11 is 0. The molecule has 11 heteroatoms. The molecule has 4 N–H and O–H groups in total. The predicted molar refractivity (Wildman–Crippen MR) is 63.1 cm³/mol. The summed E-state index contributed by atoms with van der Waals surface area (Å²) in [4.78, 5) is 33.4. The normalized spacial score (nSPS) is 10.2. The molecule has 0 aromatic carbocycles. The highest BCUT2D eigenvalue weighted by Gasteiger charge is 2.11. The molecule has 0 saturated heterocycles. The molecule has 0 spiro atoms. The Labute approximate surface area is 112 Å². The van der Waals surface area contributed by atoms with Gasteiger partial charge >= 0.3 is 17.7 Å². The van der Waals surface area contributed by atoms with Gasteiger partial charge in [-0.1, -0.05) is 5.16 Å². The highest BCUT2D eigenvalue weighted by atomic mass is 16.5. The molecule has 20 heavy (non-hydrogen) atoms. The van der Waals surface area contributed by atoms with E-state index < -0.39 is 23.5 Å². The van der Waals surface area contributed by atoms with Crippen LogP contribution >= 0.6 is 0 Å². The lowest BCUT2D eigenvalue weighted by atomic mass is 10.6. The summed E-state index contributed by atoms with van der Waals surface area (Å²) in [6.07, 6.45) is 0. The number of aromatic amines is 1. The van der Waals surface area contributed by atoms with Crippen LogP contribution < -0.4 is 11.5 Å². The summed E-state index contributed by atoms with van der Waals surface area (Å²) in [5.74, 6) is -3.01. The van der Waals surface area contributed by atoms with E-state index >= 15 is 0 Å². The first-order valence-electron chi connectivity index (χ1n) is 5.33. The van der Waals surface area contributed by atoms with Crippen LogP contribution in [-0.2, 0) is 14.3 Å². The van der Waals surface area contributed by atoms with Crippen molar-refractivity contribution >= 4 is 17.8 Å². The van der Waals surface area contributed by atoms with E-state index in [-0.39, 0.29) is 19.0 Å². The number of rotatable bonds is 3. The molecule has 1 heterocycles. The van der Waals surface area contributed by atoms with E-state index in [0.717, 1.165) is 0 Å². The van der Waals surface area contributed by atoms with Crippen LogP contribution in [0.25, 0.3) is 0 Å². The fourth-order valence-corrected chi connectivity index (χ4v) is 0.763. The van der Waals surface area contributed by atoms with Gasteiger partial charge in [0.05, 0.1) is 13.2 Å². The number of oxime groups is 1. The largest absolute Gasteiger partial charge is 0.460 e. The zero-order valence-corrected chi connectivity index (χ0v) is 10.8. The number of esters is 2. The SMILES string of the molecule is CCOC(=O)C(N)=NO.CCOC(=O)c1noc(=O)[nH]1. The number of ether oxygens (including phenoxy) is 2. The summed E-state index contributed by atoms with van der Waals surface area (Å²) in [6.45, 7) is 3.72. The third-order valence-electron chi connectivity index (χ3n) is 1.50. The number of carbonyl (C=O) groups is 2. The average molecular weight is 290 g/mol. The van der Waals surface area contributed by atoms with Crippen LogP contribution in [-0.4, -0.2) is 46.3 Å². The summed E-state index contributed by atoms with van der Waals surface area (Å²) in [5, 5.41) is 13.4. The highest BCUT2D eigenvalue weighted by Crippen LogP contribution is 1.88. The van der Waals surface area contributed by atoms with Gasteiger partial charge in [-0.2, -0.15) is 0 Å². The number of hydrogen-bond acceptors (Lipinski definition) is 9. The second-order valence-corrected chi connectivity index (χ2v) is 2.87. The monoisotopic (exact) mass is 290 g/mol. The van der Waals surface area contributed by atoms with E-state index in [1.807, 2.05) is 0 Å². The van der Waals surface area contributed by atoms with Gasteiger partial charge in [-0.15, -0.1) is 0 Å². The summed E-state index contributed by atoms with van der Waals surface area (Å²) in [5.41, 5.74) is 4.83. The van der Waals surface area contributed by atoms with Gasteiger partial charge in [0.2, 0.25) is 5.84 Å². The van der Waals surface area contributed by atoms with Crippen LogP contribution in [0, 0.1) is 0 Å². The Morgan fingerprint density at radius 2 is 2.00 bits per heavy atom. The fraction of sp³-hybridized carbons (Fsp3) is 0.444. The highest BCUT2D eigenvalue weighted by molar-refractivity contribution is 6.34. The number of amidine groups is 1. The van der Waals surface area contributed by atoms with Crippen LogP contribution in [0.15, 0.2) is 14.5 Å². The molecule has 0 unspecified atom stereocenters. The molecule has 0 radical (unpaired) electrons. The van der Waals surface area contributed by atoms with Crippen molar-refractivity contribution in [3.8, 4) is 0 Å². The van der Waals surface area contributed by atoms with E-state index in [1.165, 1.54) is 0 Å². The fourth-order valence-electron chi connectivity index (χ4n) is 0.763. The van der Waals surface area contributed by atoms with Crippen molar-refractivity contribution in [1.82, 2.24) is 10.1 Å². The molecule has 1 aromatic rings. The van der Waals surface area contributed by atoms with Gasteiger partial charge in [0.15, 0.2) is 0 Å². The van der Waals surface area contributed by atoms with Gasteiger partial charge in [0.25, 0.3) is 5.82 Å². The molecule has 0 amide bonds. The van der Waals surface area contributed by atoms with Gasteiger partial charge in [-0.3, -0.25) is 9.51 Å². The number of nitrogens with two attached hydrogens (primary N) is 1. The Balaban J connectivity index is 0.000000370. The Morgan fingerprint density at radius 3 is 2.40 bits per heavy atom. The molecule has 0 fully saturated rings. The van der Waals surface area contributed by atoms with E-state index in [9.17, 15) is 14.4 Å². The quantitative estimate of drug-likeness (QED) is 0.204. The van der Waals surface area contributed by atoms with E-state index in [0.29, 0.717) is 0 Å². The minimum atomic E-state index is -0.806. The molecule has 0 atom stereocenters. The second-order valence-electron chi connectivity index (χ2n) is 2.87. The van der Waals surface area contributed by atoms with Gasteiger partial charge in [0, 0.05) is 0 Å². The average Bonchev–Trinajstić information content (AvgIpc) is 2.86. The molecule has 0 saturated carbocycles. The van der Waals surface area contributed by atoms with Crippen LogP contribution in [0.1, 0.15) is 24.5 Å². The first-order valence-corrected chi connectivity index (χ1v) is 5.33. The van der Waals surface area contributed by atoms with Gasteiger partial charge in [-0.25, -0.2) is 14.4 Å². The minimum Gasteiger partial charge on any atom is -0.460 e. The van der Waals surface area contributed by atoms with E-state index in [4.69, 9.17) is 10.9 Å². The zero-order chi connectivity index (χ0) is 15.5. The third-order valence-corrected chi connectivity index (χ3v) is 1.50. The van der Waals surface area contributed by atoms with Crippen molar-refractivity contribution in [3.05, 3.63) is 16.4 Å². The lowest BCUT2D eigenvalue weighted by molar-refractivity contribution is -0.135. The van der Waals surface area contributed by atoms with E-state index in [2.05, 4.69) is 29.3 Å². The number of hydrogen-bond donors (Lipinski definition) is 3. The number of H-pyrrole nitrogens is 1. The maximum absolute atomic E-state index is 10.7. The standard InChI is InChI=1S/C5H6N2O4.C4H8N2O3/c1-2-10-4(8)3-6-5(9)11-7-3;1-2-9-4(7)3(5)6-8/h2H2,1H3,(H,6,7,9);8H,2H2,1H3,(H2,5,6). The Hall–Kier alpha value is -2.85. The van der Waals surface area contributed by atoms with Gasteiger partial charge < -0.3 is 20.4 Å². The van der Waals surface area contributed by atoms with Crippen LogP contribution in [0.2, 0.25) is 0 Å². The summed E-state index contributed by atoms with van der Waals surface area (Å²) in [7, 11) is 0. The van der Waals surface area contributed by atoms with Crippen molar-refractivity contribution in [1.29, 1.82) is 0 Å². The number of nitrogens with one attached hydrogen (secondary N) is 1. The topological polar surface area (TPSA) is 170 Å². The molecule has 0 bridgehead atoms. The molecule has 0 aliphatic carbocycles. The van der Waals surface area contributed by atoms with Crippen molar-refractivity contribution in [2.24, 2.45) is 10.9 Å². The number of aromatic nitrogens is 2. The second kappa shape index (κ2) is 9.13. The number of carbonyl (C=O) groups excluding carboxylic acids is 2. The van der Waals surface area contributed by atoms with Crippen molar-refractivity contribution in [2.75, 3.05) is 13.2 Å². The maximum Gasteiger partial charge on any atom is 0.439 e. The van der Waals surface area contributed by atoms with Crippen molar-refractivity contribution < 1.29 is 28.8 Å². The number of nitrogens with zero attached hydrogens (tertiary/aromatic N) is 2. The van der Waals surface area contributed by atoms with E-state index in [1.54, 1.807) is 13.8 Å². The summed E-state index contributed by atoms with van der Waals surface area (Å²) < 4.78 is 12.9. The van der Waals surface area contributed by atoms with Gasteiger partial charge in [0.1, 0.15) is 0 Å². The minimum absolute atomic E-state index is 0.211. The maximum atomic E-state index is 10.7. The molecular weight excluding hydrogens is 276 g/mol. The van der Waals surface area contributed by atoms with Gasteiger partial charge in [-0.05, 0) is 19.0 Å². The van der Waals surface area contributed by atoms with Crippen LogP contribution in [0.5, 0.6) is 0 Å². The Bertz CT molecular complexity index is 518. The Morgan fingerprint density at radius 1 is 1.40 bits per heavy atom. The first-order chi connectivity index (χ1) is 9.46. The molecular formula is C9H14N4O7. The molecule has 0 aliphatic rings. The molecule has 1 aromatic heterocycles. The lowest BCUT2D eigenvalue weighted by Gasteiger charge is -1.96. The Kier molecular flexibility index (Phi) is 7.83. The molecule has 112 valence electrons. The molecule has 11 nitrogen and oxygen atoms in total. The lowest BCUT2D eigenvalue weighted by Crippen LogP contribution is -2.25. The molecule has 0 aliphatic heterocycles. The summed E-state index contributed by atoms with van der Waals surface area (Å²) in [6, 6.07) is 0. The van der Waals surface area contributed by atoms with Crippen molar-refractivity contribution in [3.63, 3.8) is 0 Å². The first kappa shape index (κ1) is 17.2. The van der Waals surface area contributed by atoms with Crippen LogP contribution in [0.4, 0.5) is 0 Å². The third kappa shape index (κ3) is 6.18. The smallest absolute Gasteiger partial charge is 0.439 e. The predicted octanol–water partition coefficient (Wildman–Crippen LogP) is -1.16.